The molecule has 30 heavy (non-hydrogen) atoms. The second kappa shape index (κ2) is 6.06. The molecule has 0 radical (unpaired) electrons. The Kier molecular flexibility index (Phi) is 3.71. The maximum Gasteiger partial charge on any atom is 0.250 e. The first-order valence-electron chi connectivity index (χ1n) is 9.97. The van der Waals surface area contributed by atoms with Crippen LogP contribution in [0.5, 0.6) is 0 Å². The number of imide groups is 1. The number of hydrogen-bond donors (Lipinski definition) is 1. The molecular weight excluding hydrogens is 425 g/mol. The molecule has 4 aliphatic heterocycles. The van der Waals surface area contributed by atoms with E-state index in [1.165, 1.54) is 4.90 Å². The number of hydrogen-bond acceptors (Lipinski definition) is 4. The molecule has 0 unspecified atom stereocenters. The molecule has 6 nitrogen and oxygen atoms in total. The summed E-state index contributed by atoms with van der Waals surface area (Å²) in [6.07, 6.45) is 1.65. The van der Waals surface area contributed by atoms with Crippen LogP contribution < -0.4 is 10.2 Å². The number of para-hydroxylation sites is 1. The van der Waals surface area contributed by atoms with Crippen molar-refractivity contribution in [3.05, 3.63) is 58.1 Å². The van der Waals surface area contributed by atoms with E-state index in [0.717, 1.165) is 12.8 Å². The highest BCUT2D eigenvalue weighted by molar-refractivity contribution is 6.35. The first-order valence-corrected chi connectivity index (χ1v) is 10.7. The highest BCUT2D eigenvalue weighted by atomic mass is 35.5. The van der Waals surface area contributed by atoms with E-state index in [9.17, 15) is 14.4 Å². The van der Waals surface area contributed by atoms with Gasteiger partial charge >= 0.3 is 0 Å². The maximum atomic E-state index is 13.7. The lowest BCUT2D eigenvalue weighted by atomic mass is 9.75. The van der Waals surface area contributed by atoms with Crippen LogP contribution in [0.1, 0.15) is 18.4 Å². The number of anilines is 2. The Morgan fingerprint density at radius 1 is 1.00 bits per heavy atom. The zero-order chi connectivity index (χ0) is 20.8. The van der Waals surface area contributed by atoms with Gasteiger partial charge in [0.2, 0.25) is 11.8 Å². The average molecular weight is 442 g/mol. The summed E-state index contributed by atoms with van der Waals surface area (Å²) in [4.78, 5) is 44.1. The average Bonchev–Trinajstić information content (AvgIpc) is 3.42. The third-order valence-corrected chi connectivity index (χ3v) is 7.63. The third-order valence-electron chi connectivity index (χ3n) is 7.06. The second-order valence-corrected chi connectivity index (χ2v) is 9.12. The van der Waals surface area contributed by atoms with Crippen LogP contribution >= 0.6 is 23.2 Å². The number of halogens is 2. The molecule has 1 spiro atoms. The molecule has 0 saturated carbocycles. The summed E-state index contributed by atoms with van der Waals surface area (Å²) in [5, 5.41) is 3.87. The van der Waals surface area contributed by atoms with Gasteiger partial charge in [-0.25, -0.2) is 4.90 Å². The zero-order valence-corrected chi connectivity index (χ0v) is 17.3. The monoisotopic (exact) mass is 441 g/mol. The lowest BCUT2D eigenvalue weighted by molar-refractivity contribution is -0.135. The third kappa shape index (κ3) is 2.02. The summed E-state index contributed by atoms with van der Waals surface area (Å²) < 4.78 is 0. The summed E-state index contributed by atoms with van der Waals surface area (Å²) in [5.41, 5.74) is 0.507. The van der Waals surface area contributed by atoms with Crippen LogP contribution in [0, 0.1) is 11.8 Å². The standard InChI is InChI=1S/C22H17Cl2N3O3/c23-11-6-8-12(9-7-11)27-19(28)16-15-5-2-10-26(15)22(17(16)20(27)29)13-3-1-4-14(24)18(13)25-21(22)30/h1,3-4,6-9,15-17H,2,5,10H2,(H,25,30)/t15-,16+,17+,22-/m0/s1. The van der Waals surface area contributed by atoms with Crippen molar-refractivity contribution >= 4 is 52.3 Å². The number of carbonyl (C=O) groups excluding carboxylic acids is 3. The Bertz CT molecular complexity index is 1130. The van der Waals surface area contributed by atoms with Crippen molar-refractivity contribution in [2.45, 2.75) is 24.4 Å². The fourth-order valence-corrected chi connectivity index (χ4v) is 6.39. The minimum atomic E-state index is -1.21. The van der Waals surface area contributed by atoms with Crippen LogP contribution in [0.25, 0.3) is 0 Å². The number of nitrogens with one attached hydrogen (secondary N) is 1. The van der Waals surface area contributed by atoms with Gasteiger partial charge in [-0.3, -0.25) is 19.3 Å². The number of nitrogens with zero attached hydrogens (tertiary/aromatic N) is 2. The van der Waals surface area contributed by atoms with Gasteiger partial charge in [0, 0.05) is 16.6 Å². The summed E-state index contributed by atoms with van der Waals surface area (Å²) in [5.74, 6) is -2.21. The normalized spacial score (nSPS) is 32.0. The largest absolute Gasteiger partial charge is 0.323 e. The van der Waals surface area contributed by atoms with Gasteiger partial charge in [0.05, 0.1) is 28.2 Å². The van der Waals surface area contributed by atoms with E-state index in [1.54, 1.807) is 36.4 Å². The van der Waals surface area contributed by atoms with Crippen molar-refractivity contribution < 1.29 is 14.4 Å². The number of carbonyl (C=O) groups is 3. The van der Waals surface area contributed by atoms with E-state index in [1.807, 2.05) is 6.07 Å². The van der Waals surface area contributed by atoms with Crippen LogP contribution in [-0.2, 0) is 19.9 Å². The van der Waals surface area contributed by atoms with E-state index < -0.39 is 17.4 Å². The molecule has 3 fully saturated rings. The summed E-state index contributed by atoms with van der Waals surface area (Å²) in [6.45, 7) is 0.665. The molecule has 6 rings (SSSR count). The number of amides is 3. The Labute approximate surface area is 182 Å². The first-order chi connectivity index (χ1) is 14.5. The van der Waals surface area contributed by atoms with Crippen molar-refractivity contribution in [2.24, 2.45) is 11.8 Å². The fourth-order valence-electron chi connectivity index (χ4n) is 6.04. The van der Waals surface area contributed by atoms with Gasteiger partial charge in [-0.05, 0) is 49.7 Å². The molecule has 4 aliphatic rings. The summed E-state index contributed by atoms with van der Waals surface area (Å²) >= 11 is 12.4. The zero-order valence-electron chi connectivity index (χ0n) is 15.8. The van der Waals surface area contributed by atoms with Crippen LogP contribution in [0.4, 0.5) is 11.4 Å². The van der Waals surface area contributed by atoms with E-state index in [0.29, 0.717) is 33.5 Å². The van der Waals surface area contributed by atoms with Crippen LogP contribution in [0.2, 0.25) is 10.0 Å². The van der Waals surface area contributed by atoms with E-state index >= 15 is 0 Å². The molecule has 3 saturated heterocycles. The Balaban J connectivity index is 1.56. The quantitative estimate of drug-likeness (QED) is 0.688. The van der Waals surface area contributed by atoms with E-state index in [-0.39, 0.29) is 23.8 Å². The molecule has 4 heterocycles. The smallest absolute Gasteiger partial charge is 0.250 e. The first kappa shape index (κ1) is 18.4. The molecule has 0 bridgehead atoms. The minimum absolute atomic E-state index is 0.153. The topological polar surface area (TPSA) is 69.7 Å². The van der Waals surface area contributed by atoms with E-state index in [4.69, 9.17) is 23.2 Å². The Hall–Kier alpha value is -2.41. The molecule has 4 atom stereocenters. The Morgan fingerprint density at radius 3 is 2.53 bits per heavy atom. The van der Waals surface area contributed by atoms with Crippen molar-refractivity contribution in [3.63, 3.8) is 0 Å². The van der Waals surface area contributed by atoms with Gasteiger partial charge in [-0.1, -0.05) is 35.3 Å². The van der Waals surface area contributed by atoms with Crippen molar-refractivity contribution in [1.82, 2.24) is 4.90 Å². The molecule has 3 amide bonds. The molecule has 2 aromatic carbocycles. The molecule has 0 aliphatic carbocycles. The molecule has 2 aromatic rings. The van der Waals surface area contributed by atoms with Crippen LogP contribution in [0.3, 0.4) is 0 Å². The maximum absolute atomic E-state index is 13.7. The lowest BCUT2D eigenvalue weighted by Crippen LogP contribution is -2.54. The van der Waals surface area contributed by atoms with Gasteiger partial charge in [0.1, 0.15) is 5.54 Å². The molecule has 152 valence electrons. The predicted molar refractivity (Wildman–Crippen MR) is 112 cm³/mol. The number of rotatable bonds is 1. The van der Waals surface area contributed by atoms with Gasteiger partial charge in [-0.2, -0.15) is 0 Å². The lowest BCUT2D eigenvalue weighted by Gasteiger charge is -2.36. The van der Waals surface area contributed by atoms with Crippen molar-refractivity contribution in [1.29, 1.82) is 0 Å². The number of benzene rings is 2. The summed E-state index contributed by atoms with van der Waals surface area (Å²) in [7, 11) is 0. The van der Waals surface area contributed by atoms with Gasteiger partial charge < -0.3 is 5.32 Å². The predicted octanol–water partition coefficient (Wildman–Crippen LogP) is 3.42. The highest BCUT2D eigenvalue weighted by Gasteiger charge is 2.74. The SMILES string of the molecule is O=C1[C@@H]2[C@@H]3CCCN3[C@]3(C(=O)Nc4c(Cl)cccc43)[C@H]2C(=O)N1c1ccc(Cl)cc1. The van der Waals surface area contributed by atoms with Gasteiger partial charge in [0.25, 0.3) is 5.91 Å². The molecule has 0 aromatic heterocycles. The fraction of sp³-hybridized carbons (Fsp3) is 0.318. The van der Waals surface area contributed by atoms with Crippen LogP contribution in [-0.4, -0.2) is 35.2 Å². The van der Waals surface area contributed by atoms with E-state index in [2.05, 4.69) is 10.2 Å². The minimum Gasteiger partial charge on any atom is -0.323 e. The van der Waals surface area contributed by atoms with Crippen LogP contribution in [0.15, 0.2) is 42.5 Å². The summed E-state index contributed by atoms with van der Waals surface area (Å²) in [6, 6.07) is 11.8. The van der Waals surface area contributed by atoms with Gasteiger partial charge in [0.15, 0.2) is 0 Å². The van der Waals surface area contributed by atoms with Crippen molar-refractivity contribution in [2.75, 3.05) is 16.8 Å². The van der Waals surface area contributed by atoms with Crippen molar-refractivity contribution in [3.8, 4) is 0 Å². The number of fused-ring (bicyclic) bond motifs is 7. The molecular formula is C22H17Cl2N3O3. The van der Waals surface area contributed by atoms with Gasteiger partial charge in [-0.15, -0.1) is 0 Å². The highest BCUT2D eigenvalue weighted by Crippen LogP contribution is 2.61. The second-order valence-electron chi connectivity index (χ2n) is 8.28. The molecule has 8 heteroatoms. The Morgan fingerprint density at radius 2 is 1.77 bits per heavy atom. The molecule has 1 N–H and O–H groups in total.